The fourth-order valence-electron chi connectivity index (χ4n) is 2.72. The second-order valence-corrected chi connectivity index (χ2v) is 5.21. The molecule has 1 amide bonds. The maximum absolute atomic E-state index is 12.0. The summed E-state index contributed by atoms with van der Waals surface area (Å²) in [7, 11) is 0. The maximum Gasteiger partial charge on any atom is 0.237 e. The number of nitrogens with two attached hydrogens (primary N) is 1. The number of likely N-dealkylation sites (tertiary alicyclic amines) is 1. The van der Waals surface area contributed by atoms with Crippen LogP contribution in [-0.2, 0) is 4.79 Å². The average Bonchev–Trinajstić information content (AvgIpc) is 2.88. The van der Waals surface area contributed by atoms with E-state index in [9.17, 15) is 4.79 Å². The molecule has 0 bridgehead atoms. The van der Waals surface area contributed by atoms with Crippen molar-refractivity contribution in [3.8, 4) is 0 Å². The lowest BCUT2D eigenvalue weighted by atomic mass is 10.2. The zero-order chi connectivity index (χ0) is 11.5. The van der Waals surface area contributed by atoms with Crippen LogP contribution in [-0.4, -0.2) is 42.0 Å². The minimum absolute atomic E-state index is 0.0193. The molecule has 0 aromatic heterocycles. The zero-order valence-electron chi connectivity index (χ0n) is 10.1. The summed E-state index contributed by atoms with van der Waals surface area (Å²) in [5, 5.41) is 3.15. The van der Waals surface area contributed by atoms with E-state index >= 15 is 0 Å². The second-order valence-electron chi connectivity index (χ2n) is 5.21. The van der Waals surface area contributed by atoms with Gasteiger partial charge in [0.05, 0.1) is 6.04 Å². The minimum Gasteiger partial charge on any atom is -0.352 e. The summed E-state index contributed by atoms with van der Waals surface area (Å²) in [6, 6.07) is 0.655. The highest BCUT2D eigenvalue weighted by atomic mass is 16.2. The van der Waals surface area contributed by atoms with Gasteiger partial charge >= 0.3 is 0 Å². The van der Waals surface area contributed by atoms with Gasteiger partial charge in [0.2, 0.25) is 5.91 Å². The van der Waals surface area contributed by atoms with Crippen LogP contribution in [0.3, 0.4) is 0 Å². The van der Waals surface area contributed by atoms with Gasteiger partial charge in [-0.3, -0.25) is 9.69 Å². The summed E-state index contributed by atoms with van der Waals surface area (Å²) < 4.78 is 0. The highest BCUT2D eigenvalue weighted by molar-refractivity contribution is 5.81. The summed E-state index contributed by atoms with van der Waals surface area (Å²) >= 11 is 0. The lowest BCUT2D eigenvalue weighted by Crippen LogP contribution is -2.47. The Kier molecular flexibility index (Phi) is 3.82. The number of hydrogen-bond acceptors (Lipinski definition) is 3. The van der Waals surface area contributed by atoms with E-state index in [0.29, 0.717) is 6.04 Å². The monoisotopic (exact) mass is 225 g/mol. The van der Waals surface area contributed by atoms with E-state index in [-0.39, 0.29) is 18.0 Å². The van der Waals surface area contributed by atoms with Gasteiger partial charge in [-0.05, 0) is 26.2 Å². The number of amides is 1. The van der Waals surface area contributed by atoms with Crippen LogP contribution in [0.5, 0.6) is 0 Å². The van der Waals surface area contributed by atoms with Gasteiger partial charge in [-0.25, -0.2) is 0 Å². The fraction of sp³-hybridized carbons (Fsp3) is 0.917. The Balaban J connectivity index is 1.79. The number of hydrogen-bond donors (Lipinski definition) is 2. The third kappa shape index (κ3) is 2.74. The molecule has 1 aliphatic carbocycles. The number of rotatable bonds is 3. The Hall–Kier alpha value is -0.610. The first kappa shape index (κ1) is 11.9. The topological polar surface area (TPSA) is 58.4 Å². The van der Waals surface area contributed by atoms with Crippen molar-refractivity contribution >= 4 is 5.91 Å². The van der Waals surface area contributed by atoms with Crippen LogP contribution in [0.25, 0.3) is 0 Å². The van der Waals surface area contributed by atoms with Crippen LogP contribution in [0.1, 0.15) is 39.0 Å². The van der Waals surface area contributed by atoms with E-state index in [1.54, 1.807) is 0 Å². The Morgan fingerprint density at radius 3 is 2.62 bits per heavy atom. The summed E-state index contributed by atoms with van der Waals surface area (Å²) in [5.41, 5.74) is 5.85. The van der Waals surface area contributed by atoms with Crippen molar-refractivity contribution in [2.24, 2.45) is 5.73 Å². The number of nitrogens with one attached hydrogen (secondary N) is 1. The third-order valence-corrected chi connectivity index (χ3v) is 3.88. The first-order valence-corrected chi connectivity index (χ1v) is 6.47. The van der Waals surface area contributed by atoms with Crippen LogP contribution in [0.4, 0.5) is 0 Å². The van der Waals surface area contributed by atoms with Crippen LogP contribution in [0.2, 0.25) is 0 Å². The van der Waals surface area contributed by atoms with Gasteiger partial charge in [0.25, 0.3) is 0 Å². The van der Waals surface area contributed by atoms with Crippen molar-refractivity contribution in [3.05, 3.63) is 0 Å². The first-order valence-electron chi connectivity index (χ1n) is 6.47. The smallest absolute Gasteiger partial charge is 0.237 e. The van der Waals surface area contributed by atoms with Crippen molar-refractivity contribution < 1.29 is 4.79 Å². The molecule has 1 saturated carbocycles. The van der Waals surface area contributed by atoms with E-state index in [1.165, 1.54) is 12.8 Å². The Morgan fingerprint density at radius 1 is 1.38 bits per heavy atom. The van der Waals surface area contributed by atoms with Gasteiger partial charge in [-0.15, -0.1) is 0 Å². The van der Waals surface area contributed by atoms with Gasteiger partial charge in [-0.2, -0.15) is 0 Å². The molecule has 2 fully saturated rings. The molecule has 92 valence electrons. The molecule has 4 heteroatoms. The molecule has 0 aromatic rings. The van der Waals surface area contributed by atoms with Gasteiger partial charge in [0.1, 0.15) is 0 Å². The summed E-state index contributed by atoms with van der Waals surface area (Å²) in [5.74, 6) is 0.181. The normalized spacial score (nSPS) is 29.5. The SMILES string of the molecule is CC(C(=O)NC1CCCC1)N1CC[C@@H](N)C1. The fourth-order valence-corrected chi connectivity index (χ4v) is 2.72. The molecule has 2 atom stereocenters. The molecule has 2 rings (SSSR count). The third-order valence-electron chi connectivity index (χ3n) is 3.88. The molecular formula is C12H23N3O. The Bertz CT molecular complexity index is 251. The molecule has 1 heterocycles. The van der Waals surface area contributed by atoms with E-state index in [1.807, 2.05) is 6.92 Å². The average molecular weight is 225 g/mol. The van der Waals surface area contributed by atoms with E-state index in [4.69, 9.17) is 5.73 Å². The minimum atomic E-state index is -0.0193. The Morgan fingerprint density at radius 2 is 2.06 bits per heavy atom. The number of carbonyl (C=O) groups is 1. The lowest BCUT2D eigenvalue weighted by molar-refractivity contribution is -0.126. The standard InChI is InChI=1S/C12H23N3O/c1-9(15-7-6-10(13)8-15)12(16)14-11-4-2-3-5-11/h9-11H,2-8,13H2,1H3,(H,14,16)/t9?,10-/m1/s1. The highest BCUT2D eigenvalue weighted by Gasteiger charge is 2.29. The molecule has 1 saturated heterocycles. The van der Waals surface area contributed by atoms with Crippen LogP contribution in [0, 0.1) is 0 Å². The zero-order valence-corrected chi connectivity index (χ0v) is 10.1. The molecule has 0 spiro atoms. The van der Waals surface area contributed by atoms with Gasteiger partial charge in [0.15, 0.2) is 0 Å². The van der Waals surface area contributed by atoms with Crippen LogP contribution in [0.15, 0.2) is 0 Å². The van der Waals surface area contributed by atoms with E-state index in [2.05, 4.69) is 10.2 Å². The summed E-state index contributed by atoms with van der Waals surface area (Å²) in [6.45, 7) is 3.81. The van der Waals surface area contributed by atoms with Crippen molar-refractivity contribution in [1.29, 1.82) is 0 Å². The summed E-state index contributed by atoms with van der Waals surface area (Å²) in [4.78, 5) is 14.2. The Labute approximate surface area is 97.6 Å². The van der Waals surface area contributed by atoms with Crippen molar-refractivity contribution in [3.63, 3.8) is 0 Å². The predicted octanol–water partition coefficient (Wildman–Crippen LogP) is 0.467. The van der Waals surface area contributed by atoms with Crippen molar-refractivity contribution in [2.45, 2.75) is 57.2 Å². The van der Waals surface area contributed by atoms with Gasteiger partial charge in [-0.1, -0.05) is 12.8 Å². The first-order chi connectivity index (χ1) is 7.66. The molecular weight excluding hydrogens is 202 g/mol. The molecule has 1 aliphatic heterocycles. The lowest BCUT2D eigenvalue weighted by Gasteiger charge is -2.24. The molecule has 16 heavy (non-hydrogen) atoms. The molecule has 3 N–H and O–H groups in total. The maximum atomic E-state index is 12.0. The second kappa shape index (κ2) is 5.15. The van der Waals surface area contributed by atoms with Crippen molar-refractivity contribution in [2.75, 3.05) is 13.1 Å². The van der Waals surface area contributed by atoms with Crippen LogP contribution >= 0.6 is 0 Å². The number of nitrogens with zero attached hydrogens (tertiary/aromatic N) is 1. The van der Waals surface area contributed by atoms with Gasteiger partial charge in [0, 0.05) is 25.2 Å². The molecule has 1 unspecified atom stereocenters. The van der Waals surface area contributed by atoms with Crippen LogP contribution < -0.4 is 11.1 Å². The summed E-state index contributed by atoms with van der Waals surface area (Å²) in [6.07, 6.45) is 5.83. The molecule has 0 radical (unpaired) electrons. The highest BCUT2D eigenvalue weighted by Crippen LogP contribution is 2.18. The predicted molar refractivity (Wildman–Crippen MR) is 64.0 cm³/mol. The van der Waals surface area contributed by atoms with E-state index < -0.39 is 0 Å². The molecule has 0 aromatic carbocycles. The van der Waals surface area contributed by atoms with Crippen molar-refractivity contribution in [1.82, 2.24) is 10.2 Å². The molecule has 2 aliphatic rings. The van der Waals surface area contributed by atoms with E-state index in [0.717, 1.165) is 32.4 Å². The number of carbonyl (C=O) groups excluding carboxylic acids is 1. The van der Waals surface area contributed by atoms with Gasteiger partial charge < -0.3 is 11.1 Å². The largest absolute Gasteiger partial charge is 0.352 e. The quantitative estimate of drug-likeness (QED) is 0.734. The molecule has 4 nitrogen and oxygen atoms in total.